The highest BCUT2D eigenvalue weighted by atomic mass is 35.5. The fourth-order valence-electron chi connectivity index (χ4n) is 2.00. The molecule has 22 heavy (non-hydrogen) atoms. The summed E-state index contributed by atoms with van der Waals surface area (Å²) in [6.07, 6.45) is -0.386. The maximum absolute atomic E-state index is 13.7. The number of ether oxygens (including phenoxy) is 1. The first kappa shape index (κ1) is 16.7. The third-order valence-corrected chi connectivity index (χ3v) is 3.47. The smallest absolute Gasteiger partial charge is 0.131 e. The van der Waals surface area contributed by atoms with Gasteiger partial charge in [-0.1, -0.05) is 29.8 Å². The summed E-state index contributed by atoms with van der Waals surface area (Å²) in [5.41, 5.74) is 1.37. The maximum atomic E-state index is 13.7. The summed E-state index contributed by atoms with van der Waals surface area (Å²) in [5.74, 6) is 0.276. The molecular weight excluding hydrogens is 305 g/mol. The lowest BCUT2D eigenvalue weighted by molar-refractivity contribution is 0.191. The minimum absolute atomic E-state index is 0.0794. The van der Waals surface area contributed by atoms with Gasteiger partial charge in [-0.3, -0.25) is 0 Å². The van der Waals surface area contributed by atoms with Crippen molar-refractivity contribution in [2.75, 3.05) is 6.54 Å². The molecule has 118 valence electrons. The Morgan fingerprint density at radius 2 is 2.05 bits per heavy atom. The second kappa shape index (κ2) is 8.13. The van der Waals surface area contributed by atoms with Gasteiger partial charge in [0.2, 0.25) is 0 Å². The van der Waals surface area contributed by atoms with Crippen molar-refractivity contribution in [3.8, 4) is 5.75 Å². The zero-order chi connectivity index (χ0) is 15.9. The van der Waals surface area contributed by atoms with Gasteiger partial charge in [0.1, 0.15) is 18.2 Å². The van der Waals surface area contributed by atoms with E-state index in [0.717, 1.165) is 5.56 Å². The number of aliphatic hydroxyl groups is 1. The molecule has 0 unspecified atom stereocenters. The molecule has 0 heterocycles. The second-order valence-corrected chi connectivity index (χ2v) is 5.52. The zero-order valence-corrected chi connectivity index (χ0v) is 13.1. The second-order valence-electron chi connectivity index (χ2n) is 5.12. The van der Waals surface area contributed by atoms with Crippen molar-refractivity contribution in [1.82, 2.24) is 5.32 Å². The molecule has 1 atom stereocenters. The lowest BCUT2D eigenvalue weighted by Gasteiger charge is -2.11. The Balaban J connectivity index is 1.96. The van der Waals surface area contributed by atoms with E-state index in [2.05, 4.69) is 5.32 Å². The highest BCUT2D eigenvalue weighted by Gasteiger charge is 2.08. The van der Waals surface area contributed by atoms with Crippen molar-refractivity contribution < 1.29 is 14.2 Å². The van der Waals surface area contributed by atoms with Crippen LogP contribution in [0.3, 0.4) is 0 Å². The van der Waals surface area contributed by atoms with E-state index in [0.29, 0.717) is 29.4 Å². The van der Waals surface area contributed by atoms with Gasteiger partial charge in [0.15, 0.2) is 0 Å². The summed E-state index contributed by atoms with van der Waals surface area (Å²) in [7, 11) is 0. The Kier molecular flexibility index (Phi) is 6.19. The summed E-state index contributed by atoms with van der Waals surface area (Å²) in [5, 5.41) is 12.7. The number of halogens is 2. The monoisotopic (exact) mass is 323 g/mol. The average molecular weight is 324 g/mol. The molecule has 0 aliphatic carbocycles. The van der Waals surface area contributed by atoms with Gasteiger partial charge in [0.25, 0.3) is 0 Å². The molecule has 0 spiro atoms. The molecule has 0 radical (unpaired) electrons. The van der Waals surface area contributed by atoms with Crippen LogP contribution in [-0.4, -0.2) is 17.8 Å². The molecule has 0 fully saturated rings. The van der Waals surface area contributed by atoms with Gasteiger partial charge in [0, 0.05) is 18.7 Å². The first-order valence-corrected chi connectivity index (χ1v) is 7.47. The first-order valence-electron chi connectivity index (χ1n) is 7.09. The number of rotatable bonds is 7. The zero-order valence-electron chi connectivity index (χ0n) is 12.4. The Morgan fingerprint density at radius 3 is 2.77 bits per heavy atom. The quantitative estimate of drug-likeness (QED) is 0.819. The maximum Gasteiger partial charge on any atom is 0.131 e. The third kappa shape index (κ3) is 4.98. The molecule has 5 heteroatoms. The van der Waals surface area contributed by atoms with E-state index >= 15 is 0 Å². The molecule has 0 aliphatic heterocycles. The van der Waals surface area contributed by atoms with Gasteiger partial charge in [0.05, 0.1) is 11.1 Å². The predicted octanol–water partition coefficient (Wildman–Crippen LogP) is 3.53. The molecule has 2 aromatic carbocycles. The number of benzene rings is 2. The fourth-order valence-corrected chi connectivity index (χ4v) is 2.21. The highest BCUT2D eigenvalue weighted by Crippen LogP contribution is 2.22. The Hall–Kier alpha value is -1.62. The summed E-state index contributed by atoms with van der Waals surface area (Å²) in [6.45, 7) is 2.96. The van der Waals surface area contributed by atoms with Crippen molar-refractivity contribution in [2.45, 2.75) is 26.2 Å². The van der Waals surface area contributed by atoms with Crippen LogP contribution in [0.25, 0.3) is 0 Å². The topological polar surface area (TPSA) is 41.5 Å². The molecule has 0 aromatic heterocycles. The summed E-state index contributed by atoms with van der Waals surface area (Å²) < 4.78 is 19.3. The Labute approximate surface area is 134 Å². The van der Waals surface area contributed by atoms with Gasteiger partial charge in [-0.25, -0.2) is 4.39 Å². The Morgan fingerprint density at radius 1 is 1.27 bits per heavy atom. The molecule has 0 aliphatic rings. The van der Waals surface area contributed by atoms with Crippen LogP contribution >= 0.6 is 11.6 Å². The van der Waals surface area contributed by atoms with E-state index in [9.17, 15) is 9.50 Å². The third-order valence-electron chi connectivity index (χ3n) is 3.11. The van der Waals surface area contributed by atoms with Gasteiger partial charge >= 0.3 is 0 Å². The van der Waals surface area contributed by atoms with E-state index in [1.165, 1.54) is 6.07 Å². The van der Waals surface area contributed by atoms with Gasteiger partial charge < -0.3 is 15.2 Å². The highest BCUT2D eigenvalue weighted by molar-refractivity contribution is 6.31. The van der Waals surface area contributed by atoms with Crippen LogP contribution < -0.4 is 10.1 Å². The lowest BCUT2D eigenvalue weighted by Crippen LogP contribution is -2.23. The summed E-state index contributed by atoms with van der Waals surface area (Å²) in [6, 6.07) is 12.1. The van der Waals surface area contributed by atoms with Crippen LogP contribution in [-0.2, 0) is 13.2 Å². The summed E-state index contributed by atoms with van der Waals surface area (Å²) in [4.78, 5) is 0. The molecule has 0 bridgehead atoms. The molecule has 2 N–H and O–H groups in total. The lowest BCUT2D eigenvalue weighted by atomic mass is 10.2. The standard InChI is InChI=1S/C17H19ClFNO2/c1-12(21)9-20-10-13-4-2-5-14(8-13)22-11-15-16(18)6-3-7-17(15)19/h2-8,12,20-21H,9-11H2,1H3/t12-/m1/s1. The van der Waals surface area contributed by atoms with Gasteiger partial charge in [-0.2, -0.15) is 0 Å². The van der Waals surface area contributed by atoms with Crippen LogP contribution in [0.2, 0.25) is 5.02 Å². The van der Waals surface area contributed by atoms with Crippen molar-refractivity contribution in [2.24, 2.45) is 0 Å². The van der Waals surface area contributed by atoms with E-state index < -0.39 is 0 Å². The van der Waals surface area contributed by atoms with Crippen LogP contribution in [0.5, 0.6) is 5.75 Å². The van der Waals surface area contributed by atoms with Crippen molar-refractivity contribution >= 4 is 11.6 Å². The molecule has 3 nitrogen and oxygen atoms in total. The van der Waals surface area contributed by atoms with Crippen LogP contribution in [0.1, 0.15) is 18.1 Å². The van der Waals surface area contributed by atoms with Gasteiger partial charge in [-0.05, 0) is 36.8 Å². The molecule has 2 rings (SSSR count). The van der Waals surface area contributed by atoms with Crippen LogP contribution in [0.15, 0.2) is 42.5 Å². The van der Waals surface area contributed by atoms with E-state index in [-0.39, 0.29) is 18.5 Å². The molecular formula is C17H19ClFNO2. The number of nitrogens with one attached hydrogen (secondary N) is 1. The van der Waals surface area contributed by atoms with E-state index in [4.69, 9.17) is 16.3 Å². The van der Waals surface area contributed by atoms with Crippen LogP contribution in [0, 0.1) is 5.82 Å². The minimum atomic E-state index is -0.386. The first-order chi connectivity index (χ1) is 10.6. The molecule has 0 saturated carbocycles. The van der Waals surface area contributed by atoms with E-state index in [1.54, 1.807) is 19.1 Å². The predicted molar refractivity (Wildman–Crippen MR) is 85.6 cm³/mol. The largest absolute Gasteiger partial charge is 0.489 e. The molecule has 0 amide bonds. The summed E-state index contributed by atoms with van der Waals surface area (Å²) >= 11 is 5.97. The Bertz CT molecular complexity index is 599. The molecule has 0 saturated heterocycles. The van der Waals surface area contributed by atoms with Crippen molar-refractivity contribution in [3.63, 3.8) is 0 Å². The fraction of sp³-hybridized carbons (Fsp3) is 0.294. The van der Waals surface area contributed by atoms with Crippen molar-refractivity contribution in [3.05, 3.63) is 64.4 Å². The van der Waals surface area contributed by atoms with Gasteiger partial charge in [-0.15, -0.1) is 0 Å². The van der Waals surface area contributed by atoms with Crippen LogP contribution in [0.4, 0.5) is 4.39 Å². The normalized spacial score (nSPS) is 12.2. The van der Waals surface area contributed by atoms with Crippen molar-refractivity contribution in [1.29, 1.82) is 0 Å². The van der Waals surface area contributed by atoms with E-state index in [1.807, 2.05) is 24.3 Å². The number of hydrogen-bond donors (Lipinski definition) is 2. The SMILES string of the molecule is C[C@@H](O)CNCc1cccc(OCc2c(F)cccc2Cl)c1. The number of aliphatic hydroxyl groups excluding tert-OH is 1. The molecule has 2 aromatic rings. The number of hydrogen-bond acceptors (Lipinski definition) is 3. The average Bonchev–Trinajstić information content (AvgIpc) is 2.47. The minimum Gasteiger partial charge on any atom is -0.489 e.